The lowest BCUT2D eigenvalue weighted by atomic mass is 10.1. The van der Waals surface area contributed by atoms with Crippen molar-refractivity contribution in [2.24, 2.45) is 4.99 Å². The molecule has 0 aromatic heterocycles. The Labute approximate surface area is 130 Å². The van der Waals surface area contributed by atoms with Gasteiger partial charge in [-0.3, -0.25) is 4.99 Å². The molecule has 0 aliphatic heterocycles. The number of methoxy groups -OCH3 is 2. The molecular weight excluding hydrogens is 282 g/mol. The van der Waals surface area contributed by atoms with E-state index >= 15 is 0 Å². The molecule has 0 unspecified atom stereocenters. The topological polar surface area (TPSA) is 30.8 Å². The number of aliphatic imine (C=N–C) groups is 1. The number of rotatable bonds is 5. The van der Waals surface area contributed by atoms with Crippen LogP contribution in [-0.4, -0.2) is 26.7 Å². The second-order valence-corrected chi connectivity index (χ2v) is 5.34. The minimum Gasteiger partial charge on any atom is -0.493 e. The average molecular weight is 301 g/mol. The Bertz CT molecular complexity index is 653. The van der Waals surface area contributed by atoms with Gasteiger partial charge in [0.05, 0.1) is 19.9 Å². The number of hydrogen-bond acceptors (Lipinski definition) is 4. The van der Waals surface area contributed by atoms with Crippen LogP contribution < -0.4 is 9.47 Å². The van der Waals surface area contributed by atoms with Gasteiger partial charge in [-0.05, 0) is 48.6 Å². The van der Waals surface area contributed by atoms with Crippen LogP contribution >= 0.6 is 11.8 Å². The fourth-order valence-corrected chi connectivity index (χ4v) is 2.56. The van der Waals surface area contributed by atoms with Crippen LogP contribution in [0.3, 0.4) is 0 Å². The first-order valence-corrected chi connectivity index (χ1v) is 7.81. The molecule has 3 nitrogen and oxygen atoms in total. The number of thioether (sulfide) groups is 1. The van der Waals surface area contributed by atoms with Crippen molar-refractivity contribution in [3.8, 4) is 11.5 Å². The van der Waals surface area contributed by atoms with Gasteiger partial charge in [0.25, 0.3) is 0 Å². The first-order chi connectivity index (χ1) is 10.2. The van der Waals surface area contributed by atoms with Gasteiger partial charge in [-0.25, -0.2) is 0 Å². The van der Waals surface area contributed by atoms with E-state index < -0.39 is 0 Å². The third-order valence-corrected chi connectivity index (χ3v) is 3.99. The highest BCUT2D eigenvalue weighted by Crippen LogP contribution is 2.31. The highest BCUT2D eigenvalue weighted by atomic mass is 32.2. The predicted octanol–water partition coefficient (Wildman–Crippen LogP) is 4.48. The predicted molar refractivity (Wildman–Crippen MR) is 89.8 cm³/mol. The summed E-state index contributed by atoms with van der Waals surface area (Å²) in [5, 5.41) is 0. The van der Waals surface area contributed by atoms with Crippen molar-refractivity contribution in [3.05, 3.63) is 47.5 Å². The quantitative estimate of drug-likeness (QED) is 0.602. The van der Waals surface area contributed by atoms with Gasteiger partial charge in [-0.1, -0.05) is 12.1 Å². The van der Waals surface area contributed by atoms with Crippen LogP contribution in [0.4, 0.5) is 5.69 Å². The summed E-state index contributed by atoms with van der Waals surface area (Å²) in [5.74, 6) is 1.44. The Balaban J connectivity index is 2.37. The monoisotopic (exact) mass is 301 g/mol. The molecular formula is C17H19NO2S. The van der Waals surface area contributed by atoms with Gasteiger partial charge in [0.15, 0.2) is 11.5 Å². The van der Waals surface area contributed by atoms with Crippen LogP contribution in [0.15, 0.2) is 46.3 Å². The SMILES string of the molecule is COc1cc(C)c(C=Nc2ccccc2SC)cc1OC. The summed E-state index contributed by atoms with van der Waals surface area (Å²) in [6.07, 6.45) is 3.92. The maximum atomic E-state index is 5.34. The summed E-state index contributed by atoms with van der Waals surface area (Å²) in [4.78, 5) is 5.76. The van der Waals surface area contributed by atoms with Gasteiger partial charge in [-0.15, -0.1) is 11.8 Å². The van der Waals surface area contributed by atoms with Crippen LogP contribution in [-0.2, 0) is 0 Å². The molecule has 0 amide bonds. The van der Waals surface area contributed by atoms with Crippen LogP contribution in [0.5, 0.6) is 11.5 Å². The van der Waals surface area contributed by atoms with E-state index in [0.29, 0.717) is 5.75 Å². The van der Waals surface area contributed by atoms with E-state index in [-0.39, 0.29) is 0 Å². The lowest BCUT2D eigenvalue weighted by molar-refractivity contribution is 0.354. The first-order valence-electron chi connectivity index (χ1n) is 6.59. The standard InChI is InChI=1S/C17H19NO2S/c1-12-9-15(19-2)16(20-3)10-13(12)11-18-14-7-5-6-8-17(14)21-4/h5-11H,1-4H3. The lowest BCUT2D eigenvalue weighted by Gasteiger charge is -2.10. The molecule has 21 heavy (non-hydrogen) atoms. The van der Waals surface area contributed by atoms with E-state index in [4.69, 9.17) is 9.47 Å². The molecule has 0 saturated heterocycles. The van der Waals surface area contributed by atoms with Gasteiger partial charge in [0.1, 0.15) is 0 Å². The van der Waals surface area contributed by atoms with Crippen molar-refractivity contribution >= 4 is 23.7 Å². The van der Waals surface area contributed by atoms with E-state index in [9.17, 15) is 0 Å². The summed E-state index contributed by atoms with van der Waals surface area (Å²) in [7, 11) is 3.27. The van der Waals surface area contributed by atoms with E-state index in [1.165, 1.54) is 0 Å². The number of aryl methyl sites for hydroxylation is 1. The Morgan fingerprint density at radius 2 is 1.71 bits per heavy atom. The smallest absolute Gasteiger partial charge is 0.161 e. The van der Waals surface area contributed by atoms with Crippen LogP contribution in [0, 0.1) is 6.92 Å². The Morgan fingerprint density at radius 1 is 1.05 bits per heavy atom. The van der Waals surface area contributed by atoms with Crippen molar-refractivity contribution in [3.63, 3.8) is 0 Å². The van der Waals surface area contributed by atoms with Crippen molar-refractivity contribution in [1.29, 1.82) is 0 Å². The molecule has 0 heterocycles. The fraction of sp³-hybridized carbons (Fsp3) is 0.235. The molecule has 0 aliphatic rings. The van der Waals surface area contributed by atoms with Crippen molar-refractivity contribution in [2.75, 3.05) is 20.5 Å². The number of nitrogens with zero attached hydrogens (tertiary/aromatic N) is 1. The average Bonchev–Trinajstić information content (AvgIpc) is 2.53. The van der Waals surface area contributed by atoms with Gasteiger partial charge in [-0.2, -0.15) is 0 Å². The van der Waals surface area contributed by atoms with Gasteiger partial charge in [0, 0.05) is 11.1 Å². The summed E-state index contributed by atoms with van der Waals surface area (Å²) in [6.45, 7) is 2.03. The van der Waals surface area contributed by atoms with Crippen LogP contribution in [0.2, 0.25) is 0 Å². The number of hydrogen-bond donors (Lipinski definition) is 0. The van der Waals surface area contributed by atoms with Crippen molar-refractivity contribution in [2.45, 2.75) is 11.8 Å². The van der Waals surface area contributed by atoms with Gasteiger partial charge in [0.2, 0.25) is 0 Å². The molecule has 4 heteroatoms. The second kappa shape index (κ2) is 7.18. The second-order valence-electron chi connectivity index (χ2n) is 4.49. The van der Waals surface area contributed by atoms with Crippen molar-refractivity contribution < 1.29 is 9.47 Å². The summed E-state index contributed by atoms with van der Waals surface area (Å²) in [6, 6.07) is 12.0. The molecule has 0 fully saturated rings. The van der Waals surface area contributed by atoms with Crippen molar-refractivity contribution in [1.82, 2.24) is 0 Å². The zero-order chi connectivity index (χ0) is 15.2. The first kappa shape index (κ1) is 15.4. The Morgan fingerprint density at radius 3 is 2.38 bits per heavy atom. The maximum absolute atomic E-state index is 5.34. The van der Waals surface area contributed by atoms with Gasteiger partial charge >= 0.3 is 0 Å². The zero-order valence-corrected chi connectivity index (χ0v) is 13.5. The highest BCUT2D eigenvalue weighted by molar-refractivity contribution is 7.98. The fourth-order valence-electron chi connectivity index (χ4n) is 2.01. The molecule has 110 valence electrons. The minimum atomic E-state index is 0.711. The largest absolute Gasteiger partial charge is 0.493 e. The highest BCUT2D eigenvalue weighted by Gasteiger charge is 2.07. The van der Waals surface area contributed by atoms with E-state index in [0.717, 1.165) is 27.5 Å². The summed E-state index contributed by atoms with van der Waals surface area (Å²) in [5.41, 5.74) is 3.08. The Kier molecular flexibility index (Phi) is 5.28. The van der Waals surface area contributed by atoms with Crippen LogP contribution in [0.1, 0.15) is 11.1 Å². The number of para-hydroxylation sites is 1. The molecule has 0 radical (unpaired) electrons. The molecule has 0 aliphatic carbocycles. The zero-order valence-electron chi connectivity index (χ0n) is 12.7. The summed E-state index contributed by atoms with van der Waals surface area (Å²) < 4.78 is 10.6. The molecule has 2 rings (SSSR count). The number of ether oxygens (including phenoxy) is 2. The summed E-state index contributed by atoms with van der Waals surface area (Å²) >= 11 is 1.69. The molecule has 0 atom stereocenters. The van der Waals surface area contributed by atoms with E-state index in [1.807, 2.05) is 43.5 Å². The Hall–Kier alpha value is -1.94. The lowest BCUT2D eigenvalue weighted by Crippen LogP contribution is -1.95. The molecule has 2 aromatic carbocycles. The molecule has 0 bridgehead atoms. The van der Waals surface area contributed by atoms with E-state index in [2.05, 4.69) is 17.3 Å². The maximum Gasteiger partial charge on any atom is 0.161 e. The van der Waals surface area contributed by atoms with E-state index in [1.54, 1.807) is 26.0 Å². The molecule has 0 N–H and O–H groups in total. The number of benzene rings is 2. The minimum absolute atomic E-state index is 0.711. The van der Waals surface area contributed by atoms with Gasteiger partial charge < -0.3 is 9.47 Å². The third-order valence-electron chi connectivity index (χ3n) is 3.20. The molecule has 0 saturated carbocycles. The molecule has 0 spiro atoms. The third kappa shape index (κ3) is 3.58. The normalized spacial score (nSPS) is 10.9. The molecule has 2 aromatic rings. The van der Waals surface area contributed by atoms with Crippen LogP contribution in [0.25, 0.3) is 0 Å².